The Morgan fingerprint density at radius 2 is 1.96 bits per heavy atom. The number of carboxylic acids is 1. The Morgan fingerprint density at radius 3 is 2.48 bits per heavy atom. The summed E-state index contributed by atoms with van der Waals surface area (Å²) in [6.07, 6.45) is -5.30. The maximum Gasteiger partial charge on any atom is 0.401 e. The molecule has 10 heteroatoms. The Labute approximate surface area is 157 Å². The van der Waals surface area contributed by atoms with Gasteiger partial charge in [0.2, 0.25) is 5.91 Å². The number of carbonyl (C=O) groups is 3. The van der Waals surface area contributed by atoms with E-state index in [1.807, 2.05) is 0 Å². The smallest absolute Gasteiger partial charge is 0.401 e. The number of methoxy groups -OCH3 is 1. The second-order valence-electron chi connectivity index (χ2n) is 6.02. The van der Waals surface area contributed by atoms with E-state index in [4.69, 9.17) is 9.84 Å². The number of hydrogen-bond acceptors (Lipinski definition) is 5. The maximum atomic E-state index is 13.4. The molecule has 1 aromatic carbocycles. The van der Waals surface area contributed by atoms with E-state index in [2.05, 4.69) is 0 Å². The van der Waals surface area contributed by atoms with E-state index in [9.17, 15) is 27.6 Å². The average molecular weight is 405 g/mol. The fourth-order valence-electron chi connectivity index (χ4n) is 2.67. The number of ketones is 1. The zero-order valence-electron chi connectivity index (χ0n) is 14.4. The van der Waals surface area contributed by atoms with Gasteiger partial charge in [-0.25, -0.2) is 4.79 Å². The van der Waals surface area contributed by atoms with Crippen LogP contribution in [0.2, 0.25) is 0 Å². The van der Waals surface area contributed by atoms with Gasteiger partial charge in [0.05, 0.1) is 13.7 Å². The van der Waals surface area contributed by atoms with Crippen LogP contribution in [0.3, 0.4) is 0 Å². The van der Waals surface area contributed by atoms with Gasteiger partial charge in [0.1, 0.15) is 17.7 Å². The van der Waals surface area contributed by atoms with E-state index in [1.54, 1.807) is 24.3 Å². The Bertz CT molecular complexity index is 708. The molecule has 2 rings (SSSR count). The molecule has 2 atom stereocenters. The molecule has 0 aliphatic carbocycles. The van der Waals surface area contributed by atoms with E-state index in [1.165, 1.54) is 7.11 Å². The highest BCUT2D eigenvalue weighted by Gasteiger charge is 2.50. The van der Waals surface area contributed by atoms with Gasteiger partial charge in [0.25, 0.3) is 0 Å². The van der Waals surface area contributed by atoms with Crippen LogP contribution in [-0.4, -0.2) is 59.3 Å². The van der Waals surface area contributed by atoms with Crippen molar-refractivity contribution in [2.45, 2.75) is 24.4 Å². The lowest BCUT2D eigenvalue weighted by Gasteiger charge is -2.27. The molecular formula is C17H18F3NO5S. The van der Waals surface area contributed by atoms with E-state index >= 15 is 0 Å². The maximum absolute atomic E-state index is 13.4. The first-order valence-corrected chi connectivity index (χ1v) is 9.11. The predicted octanol–water partition coefficient (Wildman–Crippen LogP) is 2.36. The molecule has 1 N–H and O–H groups in total. The Hall–Kier alpha value is -2.23. The molecule has 0 aromatic heterocycles. The van der Waals surface area contributed by atoms with E-state index in [-0.39, 0.29) is 5.75 Å². The molecule has 27 heavy (non-hydrogen) atoms. The van der Waals surface area contributed by atoms with Gasteiger partial charge >= 0.3 is 12.1 Å². The lowest BCUT2D eigenvalue weighted by molar-refractivity contribution is -0.186. The lowest BCUT2D eigenvalue weighted by Crippen LogP contribution is -2.48. The van der Waals surface area contributed by atoms with Crippen LogP contribution in [0.4, 0.5) is 13.2 Å². The number of carbonyl (C=O) groups excluding carboxylic acids is 2. The second-order valence-corrected chi connectivity index (χ2v) is 7.05. The number of alkyl halides is 3. The molecule has 1 aliphatic rings. The van der Waals surface area contributed by atoms with Crippen LogP contribution in [0.1, 0.15) is 12.0 Å². The first-order chi connectivity index (χ1) is 12.6. The number of nitrogens with zero attached hydrogens (tertiary/aromatic N) is 1. The number of hydrogen-bond donors (Lipinski definition) is 1. The largest absolute Gasteiger partial charge is 0.497 e. The van der Waals surface area contributed by atoms with Gasteiger partial charge in [-0.05, 0) is 17.7 Å². The molecule has 6 nitrogen and oxygen atoms in total. The van der Waals surface area contributed by atoms with Gasteiger partial charge in [-0.3, -0.25) is 9.59 Å². The highest BCUT2D eigenvalue weighted by Crippen LogP contribution is 2.33. The summed E-state index contributed by atoms with van der Waals surface area (Å²) >= 11 is 0.912. The number of aliphatic carboxylic acids is 1. The average Bonchev–Trinajstić information content (AvgIpc) is 3.00. The van der Waals surface area contributed by atoms with Gasteiger partial charge < -0.3 is 14.7 Å². The molecule has 1 fully saturated rings. The number of Topliss-reactive ketones (excluding diaryl/α,β-unsaturated/α-hetero) is 1. The lowest BCUT2D eigenvalue weighted by atomic mass is 10.1. The molecule has 1 aliphatic heterocycles. The number of ether oxygens (including phenoxy) is 1. The van der Waals surface area contributed by atoms with Crippen molar-refractivity contribution >= 4 is 29.4 Å². The highest BCUT2D eigenvalue weighted by atomic mass is 32.2. The molecule has 1 amide bonds. The van der Waals surface area contributed by atoms with Crippen LogP contribution in [-0.2, 0) is 20.1 Å². The van der Waals surface area contributed by atoms with Crippen LogP contribution in [0.25, 0.3) is 0 Å². The molecule has 0 bridgehead atoms. The molecular weight excluding hydrogens is 387 g/mol. The topological polar surface area (TPSA) is 83.9 Å². The van der Waals surface area contributed by atoms with Gasteiger partial charge in [0, 0.05) is 17.9 Å². The third-order valence-electron chi connectivity index (χ3n) is 4.12. The molecule has 1 heterocycles. The number of rotatable bonds is 7. The van der Waals surface area contributed by atoms with Crippen molar-refractivity contribution < 1.29 is 37.4 Å². The van der Waals surface area contributed by atoms with Crippen molar-refractivity contribution in [1.29, 1.82) is 0 Å². The van der Waals surface area contributed by atoms with E-state index < -0.39 is 54.5 Å². The Kier molecular flexibility index (Phi) is 6.74. The quantitative estimate of drug-likeness (QED) is 0.750. The first-order valence-electron chi connectivity index (χ1n) is 7.96. The summed E-state index contributed by atoms with van der Waals surface area (Å²) in [5, 5.41) is 9.06. The zero-order chi connectivity index (χ0) is 20.2. The second kappa shape index (κ2) is 8.64. The van der Waals surface area contributed by atoms with Gasteiger partial charge in [-0.2, -0.15) is 24.9 Å². The molecule has 1 unspecified atom stereocenters. The van der Waals surface area contributed by atoms with Crippen molar-refractivity contribution in [3.63, 3.8) is 0 Å². The van der Waals surface area contributed by atoms with Gasteiger partial charge in [-0.1, -0.05) is 12.1 Å². The summed E-state index contributed by atoms with van der Waals surface area (Å²) in [5.74, 6) is -5.50. The summed E-state index contributed by atoms with van der Waals surface area (Å²) in [6, 6.07) is 5.22. The normalized spacial score (nSPS) is 18.4. The minimum absolute atomic E-state index is 0.241. The van der Waals surface area contributed by atoms with Crippen molar-refractivity contribution in [2.24, 2.45) is 5.92 Å². The predicted molar refractivity (Wildman–Crippen MR) is 91.5 cm³/mol. The fourth-order valence-corrected chi connectivity index (χ4v) is 3.78. The fraction of sp³-hybridized carbons (Fsp3) is 0.471. The Balaban J connectivity index is 2.05. The third kappa shape index (κ3) is 5.38. The summed E-state index contributed by atoms with van der Waals surface area (Å²) in [4.78, 5) is 35.4. The third-order valence-corrected chi connectivity index (χ3v) is 5.22. The van der Waals surface area contributed by atoms with Crippen LogP contribution >= 0.6 is 11.8 Å². The van der Waals surface area contributed by atoms with Crippen molar-refractivity contribution in [2.75, 3.05) is 19.4 Å². The van der Waals surface area contributed by atoms with Gasteiger partial charge in [0.15, 0.2) is 5.78 Å². The molecule has 1 aromatic rings. The van der Waals surface area contributed by atoms with Crippen LogP contribution in [0, 0.1) is 5.92 Å². The van der Waals surface area contributed by atoms with Crippen molar-refractivity contribution in [1.82, 2.24) is 4.90 Å². The summed E-state index contributed by atoms with van der Waals surface area (Å²) in [5.41, 5.74) is 0.758. The number of benzene rings is 1. The molecule has 148 valence electrons. The summed E-state index contributed by atoms with van der Waals surface area (Å²) < 4.78 is 45.1. The van der Waals surface area contributed by atoms with Crippen LogP contribution < -0.4 is 4.74 Å². The number of amides is 1. The van der Waals surface area contributed by atoms with Crippen LogP contribution in [0.15, 0.2) is 24.3 Å². The van der Waals surface area contributed by atoms with Gasteiger partial charge in [-0.15, -0.1) is 0 Å². The standard InChI is InChI=1S/C17H18F3NO5S/c1-26-12-4-2-10(3-5-12)8-27-9-13(17(18,19)20)15(23)21-7-11(22)6-14(21)16(24)25/h2-5,13-14H,6-9H2,1H3,(H,24,25)/t13?,14-/m0/s1. The summed E-state index contributed by atoms with van der Waals surface area (Å²) in [7, 11) is 1.50. The van der Waals surface area contributed by atoms with E-state index in [0.29, 0.717) is 10.6 Å². The van der Waals surface area contributed by atoms with Crippen molar-refractivity contribution in [3.05, 3.63) is 29.8 Å². The number of halogens is 3. The molecule has 1 saturated heterocycles. The van der Waals surface area contributed by atoms with Crippen molar-refractivity contribution in [3.8, 4) is 5.75 Å². The number of likely N-dealkylation sites (tertiary alicyclic amines) is 1. The van der Waals surface area contributed by atoms with Crippen LogP contribution in [0.5, 0.6) is 5.75 Å². The Morgan fingerprint density at radius 1 is 1.33 bits per heavy atom. The first kappa shape index (κ1) is 21.1. The number of carboxylic acid groups (broad SMARTS) is 1. The minimum atomic E-state index is -4.83. The highest BCUT2D eigenvalue weighted by molar-refractivity contribution is 7.98. The number of thioether (sulfide) groups is 1. The zero-order valence-corrected chi connectivity index (χ0v) is 15.2. The molecule has 0 spiro atoms. The monoisotopic (exact) mass is 405 g/mol. The van der Waals surface area contributed by atoms with E-state index in [0.717, 1.165) is 17.3 Å². The molecule has 0 radical (unpaired) electrons. The minimum Gasteiger partial charge on any atom is -0.497 e. The summed E-state index contributed by atoms with van der Waals surface area (Å²) in [6.45, 7) is -0.606. The SMILES string of the molecule is COc1ccc(CSCC(C(=O)N2CC(=O)C[C@H]2C(=O)O)C(F)(F)F)cc1. The molecule has 0 saturated carbocycles.